The summed E-state index contributed by atoms with van der Waals surface area (Å²) in [7, 11) is 0. The zero-order valence-corrected chi connectivity index (χ0v) is 11.7. The molecule has 3 rings (SSSR count). The van der Waals surface area contributed by atoms with E-state index in [2.05, 4.69) is 4.98 Å². The fourth-order valence-electron chi connectivity index (χ4n) is 2.46. The molecule has 0 aliphatic carbocycles. The highest BCUT2D eigenvalue weighted by Gasteiger charge is 2.38. The van der Waals surface area contributed by atoms with Gasteiger partial charge in [-0.3, -0.25) is 4.98 Å². The molecular weight excluding hydrogens is 279 g/mol. The minimum Gasteiger partial charge on any atom is -0.490 e. The maximum atomic E-state index is 13.8. The molecule has 0 saturated carbocycles. The average molecular weight is 293 g/mol. The number of rotatable bonds is 1. The standard InChI is InChI=1S/C15H14ClFN2O/c1-9-2-3-10(8-12(9)17)15(18)5-7-20-13-11(16)4-6-19-14(13)15/h2-4,6,8H,5,7,18H2,1H3/t15-/m0/s1. The highest BCUT2D eigenvalue weighted by Crippen LogP contribution is 2.42. The number of ether oxygens (including phenoxy) is 1. The van der Waals surface area contributed by atoms with Crippen molar-refractivity contribution < 1.29 is 9.13 Å². The summed E-state index contributed by atoms with van der Waals surface area (Å²) >= 11 is 6.12. The van der Waals surface area contributed by atoms with Crippen LogP contribution in [0, 0.1) is 12.7 Å². The Morgan fingerprint density at radius 1 is 1.40 bits per heavy atom. The van der Waals surface area contributed by atoms with Crippen LogP contribution in [0.1, 0.15) is 23.2 Å². The SMILES string of the molecule is Cc1ccc([C@@]2(N)CCOc3c(Cl)ccnc32)cc1F. The Bertz CT molecular complexity index is 677. The molecule has 5 heteroatoms. The van der Waals surface area contributed by atoms with E-state index in [-0.39, 0.29) is 5.82 Å². The number of nitrogens with zero attached hydrogens (tertiary/aromatic N) is 1. The fourth-order valence-corrected chi connectivity index (χ4v) is 2.66. The number of fused-ring (bicyclic) bond motifs is 1. The molecule has 1 aromatic carbocycles. The largest absolute Gasteiger partial charge is 0.490 e. The van der Waals surface area contributed by atoms with Gasteiger partial charge in [-0.2, -0.15) is 0 Å². The molecule has 0 spiro atoms. The Hall–Kier alpha value is -1.65. The van der Waals surface area contributed by atoms with E-state index >= 15 is 0 Å². The van der Waals surface area contributed by atoms with Crippen molar-refractivity contribution in [3.05, 3.63) is 58.1 Å². The van der Waals surface area contributed by atoms with Crippen LogP contribution in [0.5, 0.6) is 5.75 Å². The molecule has 1 atom stereocenters. The van der Waals surface area contributed by atoms with Crippen LogP contribution in [0.3, 0.4) is 0 Å². The van der Waals surface area contributed by atoms with Crippen molar-refractivity contribution in [2.24, 2.45) is 5.73 Å². The molecule has 0 radical (unpaired) electrons. The maximum Gasteiger partial charge on any atom is 0.161 e. The van der Waals surface area contributed by atoms with Crippen LogP contribution >= 0.6 is 11.6 Å². The van der Waals surface area contributed by atoms with E-state index in [9.17, 15) is 4.39 Å². The summed E-state index contributed by atoms with van der Waals surface area (Å²) in [5, 5.41) is 0.470. The minimum absolute atomic E-state index is 0.276. The highest BCUT2D eigenvalue weighted by molar-refractivity contribution is 6.32. The normalized spacial score (nSPS) is 21.2. The Morgan fingerprint density at radius 2 is 2.20 bits per heavy atom. The van der Waals surface area contributed by atoms with Crippen LogP contribution in [-0.2, 0) is 5.54 Å². The average Bonchev–Trinajstić information content (AvgIpc) is 2.43. The quantitative estimate of drug-likeness (QED) is 0.878. The molecule has 0 bridgehead atoms. The second-order valence-corrected chi connectivity index (χ2v) is 5.41. The summed E-state index contributed by atoms with van der Waals surface area (Å²) in [6.45, 7) is 2.14. The van der Waals surface area contributed by atoms with Crippen molar-refractivity contribution in [3.8, 4) is 5.75 Å². The van der Waals surface area contributed by atoms with E-state index < -0.39 is 5.54 Å². The zero-order valence-electron chi connectivity index (χ0n) is 11.0. The molecule has 0 saturated heterocycles. The van der Waals surface area contributed by atoms with Crippen LogP contribution in [0.25, 0.3) is 0 Å². The van der Waals surface area contributed by atoms with Crippen molar-refractivity contribution >= 4 is 11.6 Å². The summed E-state index contributed by atoms with van der Waals surface area (Å²) in [4.78, 5) is 4.30. The molecule has 1 aliphatic heterocycles. The van der Waals surface area contributed by atoms with E-state index in [1.54, 1.807) is 25.3 Å². The van der Waals surface area contributed by atoms with Crippen molar-refractivity contribution in [3.63, 3.8) is 0 Å². The molecule has 2 N–H and O–H groups in total. The van der Waals surface area contributed by atoms with Gasteiger partial charge in [0.2, 0.25) is 0 Å². The Morgan fingerprint density at radius 3 is 2.95 bits per heavy atom. The third kappa shape index (κ3) is 1.96. The van der Waals surface area contributed by atoms with Gasteiger partial charge in [0.25, 0.3) is 0 Å². The number of benzene rings is 1. The first-order chi connectivity index (χ1) is 9.52. The van der Waals surface area contributed by atoms with Gasteiger partial charge in [-0.1, -0.05) is 23.7 Å². The molecule has 2 heterocycles. The summed E-state index contributed by atoms with van der Waals surface area (Å²) in [6, 6.07) is 6.67. The maximum absolute atomic E-state index is 13.8. The van der Waals surface area contributed by atoms with E-state index in [0.717, 1.165) is 0 Å². The molecule has 0 fully saturated rings. The lowest BCUT2D eigenvalue weighted by Gasteiger charge is -2.35. The number of nitrogens with two attached hydrogens (primary N) is 1. The monoisotopic (exact) mass is 292 g/mol. The number of hydrogen-bond acceptors (Lipinski definition) is 3. The van der Waals surface area contributed by atoms with Crippen LogP contribution in [0.4, 0.5) is 4.39 Å². The molecule has 1 aromatic heterocycles. The topological polar surface area (TPSA) is 48.1 Å². The smallest absolute Gasteiger partial charge is 0.161 e. The first kappa shape index (κ1) is 13.3. The number of halogens is 2. The van der Waals surface area contributed by atoms with E-state index in [0.29, 0.717) is 40.6 Å². The summed E-state index contributed by atoms with van der Waals surface area (Å²) < 4.78 is 19.4. The Kier molecular flexibility index (Phi) is 3.15. The Labute approximate surface area is 121 Å². The Balaban J connectivity index is 2.18. The van der Waals surface area contributed by atoms with Gasteiger partial charge < -0.3 is 10.5 Å². The first-order valence-corrected chi connectivity index (χ1v) is 6.73. The van der Waals surface area contributed by atoms with Crippen LogP contribution < -0.4 is 10.5 Å². The molecule has 0 amide bonds. The number of aromatic nitrogens is 1. The van der Waals surface area contributed by atoms with Crippen molar-refractivity contribution in [2.75, 3.05) is 6.61 Å². The summed E-state index contributed by atoms with van der Waals surface area (Å²) in [5.41, 5.74) is 7.45. The lowest BCUT2D eigenvalue weighted by atomic mass is 9.82. The summed E-state index contributed by atoms with van der Waals surface area (Å²) in [5.74, 6) is 0.214. The zero-order chi connectivity index (χ0) is 14.3. The van der Waals surface area contributed by atoms with Gasteiger partial charge >= 0.3 is 0 Å². The number of pyridine rings is 1. The first-order valence-electron chi connectivity index (χ1n) is 6.35. The minimum atomic E-state index is -0.882. The highest BCUT2D eigenvalue weighted by atomic mass is 35.5. The van der Waals surface area contributed by atoms with Gasteiger partial charge in [-0.05, 0) is 30.2 Å². The third-order valence-electron chi connectivity index (χ3n) is 3.71. The molecule has 0 unspecified atom stereocenters. The van der Waals surface area contributed by atoms with Crippen LogP contribution in [0.2, 0.25) is 5.02 Å². The lowest BCUT2D eigenvalue weighted by molar-refractivity contribution is 0.232. The second kappa shape index (κ2) is 4.72. The van der Waals surface area contributed by atoms with Gasteiger partial charge in [-0.15, -0.1) is 0 Å². The van der Waals surface area contributed by atoms with E-state index in [1.165, 1.54) is 6.07 Å². The van der Waals surface area contributed by atoms with Crippen LogP contribution in [0.15, 0.2) is 30.5 Å². The van der Waals surface area contributed by atoms with Gasteiger partial charge in [0.05, 0.1) is 17.2 Å². The molecule has 2 aromatic rings. The van der Waals surface area contributed by atoms with E-state index in [4.69, 9.17) is 22.1 Å². The van der Waals surface area contributed by atoms with Gasteiger partial charge in [0.1, 0.15) is 11.5 Å². The summed E-state index contributed by atoms with van der Waals surface area (Å²) in [6.07, 6.45) is 2.11. The predicted octanol–water partition coefficient (Wildman–Crippen LogP) is 3.17. The van der Waals surface area contributed by atoms with Crippen LogP contribution in [-0.4, -0.2) is 11.6 Å². The molecule has 104 valence electrons. The predicted molar refractivity (Wildman–Crippen MR) is 75.5 cm³/mol. The number of hydrogen-bond donors (Lipinski definition) is 1. The molecule has 3 nitrogen and oxygen atoms in total. The van der Waals surface area contributed by atoms with Crippen molar-refractivity contribution in [2.45, 2.75) is 18.9 Å². The molecule has 1 aliphatic rings. The van der Waals surface area contributed by atoms with Gasteiger partial charge in [0, 0.05) is 12.6 Å². The molecular formula is C15H14ClFN2O. The second-order valence-electron chi connectivity index (χ2n) is 5.00. The van der Waals surface area contributed by atoms with Crippen molar-refractivity contribution in [1.29, 1.82) is 0 Å². The molecule has 20 heavy (non-hydrogen) atoms. The van der Waals surface area contributed by atoms with E-state index in [1.807, 2.05) is 6.07 Å². The van der Waals surface area contributed by atoms with Gasteiger partial charge in [0.15, 0.2) is 5.75 Å². The number of aryl methyl sites for hydroxylation is 1. The van der Waals surface area contributed by atoms with Gasteiger partial charge in [-0.25, -0.2) is 4.39 Å². The fraction of sp³-hybridized carbons (Fsp3) is 0.267. The third-order valence-corrected chi connectivity index (χ3v) is 4.01. The van der Waals surface area contributed by atoms with Crippen molar-refractivity contribution in [1.82, 2.24) is 4.98 Å². The lowest BCUT2D eigenvalue weighted by Crippen LogP contribution is -2.43.